The van der Waals surface area contributed by atoms with E-state index in [1.807, 2.05) is 30.3 Å². The highest BCUT2D eigenvalue weighted by atomic mass is 79.9. The van der Waals surface area contributed by atoms with Gasteiger partial charge in [-0.05, 0) is 35.9 Å². The molecule has 0 bridgehead atoms. The Kier molecular flexibility index (Phi) is 3.21. The van der Waals surface area contributed by atoms with E-state index in [-0.39, 0.29) is 17.9 Å². The zero-order valence-corrected chi connectivity index (χ0v) is 11.8. The Bertz CT molecular complexity index is 615. The van der Waals surface area contributed by atoms with Crippen LogP contribution in [0.2, 0.25) is 0 Å². The van der Waals surface area contributed by atoms with Crippen molar-refractivity contribution in [2.75, 3.05) is 0 Å². The Morgan fingerprint density at radius 1 is 1.21 bits per heavy atom. The SMILES string of the molecule is NC1CC(c2cccc(O)c2)Oc2ccc(Br)cc21. The third-order valence-corrected chi connectivity index (χ3v) is 3.84. The third-order valence-electron chi connectivity index (χ3n) is 3.35. The second-order valence-corrected chi connectivity index (χ2v) is 5.64. The van der Waals surface area contributed by atoms with E-state index in [0.29, 0.717) is 6.42 Å². The summed E-state index contributed by atoms with van der Waals surface area (Å²) in [5.74, 6) is 1.06. The molecule has 0 aliphatic carbocycles. The van der Waals surface area contributed by atoms with Crippen LogP contribution in [-0.4, -0.2) is 5.11 Å². The smallest absolute Gasteiger partial charge is 0.126 e. The van der Waals surface area contributed by atoms with Gasteiger partial charge in [0.05, 0.1) is 0 Å². The minimum absolute atomic E-state index is 0.0615. The number of ether oxygens (including phenoxy) is 1. The highest BCUT2D eigenvalue weighted by Crippen LogP contribution is 2.41. The number of hydrogen-bond donors (Lipinski definition) is 2. The molecule has 0 radical (unpaired) electrons. The molecule has 98 valence electrons. The number of halogens is 1. The fourth-order valence-electron chi connectivity index (χ4n) is 2.40. The number of fused-ring (bicyclic) bond motifs is 1. The second kappa shape index (κ2) is 4.87. The molecule has 0 saturated heterocycles. The first kappa shape index (κ1) is 12.5. The summed E-state index contributed by atoms with van der Waals surface area (Å²) in [5, 5.41) is 9.55. The van der Waals surface area contributed by atoms with Crippen molar-refractivity contribution in [3.05, 3.63) is 58.1 Å². The lowest BCUT2D eigenvalue weighted by atomic mass is 9.93. The van der Waals surface area contributed by atoms with Crippen molar-refractivity contribution in [1.82, 2.24) is 0 Å². The molecule has 1 aliphatic heterocycles. The fraction of sp³-hybridized carbons (Fsp3) is 0.200. The zero-order valence-electron chi connectivity index (χ0n) is 10.2. The van der Waals surface area contributed by atoms with E-state index in [2.05, 4.69) is 15.9 Å². The number of rotatable bonds is 1. The fourth-order valence-corrected chi connectivity index (χ4v) is 2.78. The van der Waals surface area contributed by atoms with Crippen molar-refractivity contribution >= 4 is 15.9 Å². The summed E-state index contributed by atoms with van der Waals surface area (Å²) >= 11 is 3.44. The van der Waals surface area contributed by atoms with Crippen molar-refractivity contribution in [1.29, 1.82) is 0 Å². The van der Waals surface area contributed by atoms with Gasteiger partial charge in [0.2, 0.25) is 0 Å². The van der Waals surface area contributed by atoms with Crippen LogP contribution in [0.25, 0.3) is 0 Å². The van der Waals surface area contributed by atoms with Gasteiger partial charge in [-0.25, -0.2) is 0 Å². The summed E-state index contributed by atoms with van der Waals surface area (Å²) in [6, 6.07) is 12.9. The quantitative estimate of drug-likeness (QED) is 0.843. The lowest BCUT2D eigenvalue weighted by molar-refractivity contribution is 0.161. The van der Waals surface area contributed by atoms with Gasteiger partial charge in [0.25, 0.3) is 0 Å². The first-order valence-electron chi connectivity index (χ1n) is 6.14. The summed E-state index contributed by atoms with van der Waals surface area (Å²) in [6.07, 6.45) is 0.586. The number of nitrogens with two attached hydrogens (primary N) is 1. The van der Waals surface area contributed by atoms with E-state index < -0.39 is 0 Å². The Morgan fingerprint density at radius 3 is 2.84 bits per heavy atom. The van der Waals surface area contributed by atoms with Gasteiger partial charge in [0.15, 0.2) is 0 Å². The number of phenolic OH excluding ortho intramolecular Hbond substituents is 1. The first-order chi connectivity index (χ1) is 9.13. The van der Waals surface area contributed by atoms with Crippen LogP contribution in [0.15, 0.2) is 46.9 Å². The Labute approximate surface area is 120 Å². The Hall–Kier alpha value is -1.52. The molecule has 0 spiro atoms. The molecule has 0 fully saturated rings. The van der Waals surface area contributed by atoms with Crippen LogP contribution in [0.4, 0.5) is 0 Å². The van der Waals surface area contributed by atoms with Crippen LogP contribution in [0.3, 0.4) is 0 Å². The van der Waals surface area contributed by atoms with Crippen LogP contribution in [0.5, 0.6) is 11.5 Å². The van der Waals surface area contributed by atoms with Gasteiger partial charge in [-0.2, -0.15) is 0 Å². The lowest BCUT2D eigenvalue weighted by Gasteiger charge is -2.30. The van der Waals surface area contributed by atoms with Crippen LogP contribution in [0, 0.1) is 0 Å². The van der Waals surface area contributed by atoms with Gasteiger partial charge in [0.1, 0.15) is 17.6 Å². The largest absolute Gasteiger partial charge is 0.508 e. The molecule has 2 atom stereocenters. The molecule has 0 aromatic heterocycles. The molecule has 4 heteroatoms. The van der Waals surface area contributed by atoms with E-state index >= 15 is 0 Å². The minimum Gasteiger partial charge on any atom is -0.508 e. The summed E-state index contributed by atoms with van der Waals surface area (Å²) in [6.45, 7) is 0. The standard InChI is InChI=1S/C15H14BrNO2/c16-10-4-5-14-12(7-10)13(17)8-15(19-14)9-2-1-3-11(18)6-9/h1-7,13,15,18H,8,17H2. The van der Waals surface area contributed by atoms with E-state index in [9.17, 15) is 5.11 Å². The number of benzene rings is 2. The number of aromatic hydroxyl groups is 1. The van der Waals surface area contributed by atoms with Crippen LogP contribution in [-0.2, 0) is 0 Å². The van der Waals surface area contributed by atoms with Crippen LogP contribution in [0.1, 0.15) is 29.7 Å². The van der Waals surface area contributed by atoms with Crippen LogP contribution < -0.4 is 10.5 Å². The molecular formula is C15H14BrNO2. The molecule has 0 saturated carbocycles. The summed E-state index contributed by atoms with van der Waals surface area (Å²) in [7, 11) is 0. The topological polar surface area (TPSA) is 55.5 Å². The van der Waals surface area contributed by atoms with E-state index in [0.717, 1.165) is 21.3 Å². The van der Waals surface area contributed by atoms with E-state index in [4.69, 9.17) is 10.5 Å². The van der Waals surface area contributed by atoms with Gasteiger partial charge in [-0.3, -0.25) is 0 Å². The van der Waals surface area contributed by atoms with Gasteiger partial charge >= 0.3 is 0 Å². The van der Waals surface area contributed by atoms with Crippen molar-refractivity contribution in [3.8, 4) is 11.5 Å². The lowest BCUT2D eigenvalue weighted by Crippen LogP contribution is -2.24. The maximum absolute atomic E-state index is 9.55. The number of phenols is 1. The average Bonchev–Trinajstić information content (AvgIpc) is 2.39. The molecule has 1 heterocycles. The predicted octanol–water partition coefficient (Wildman–Crippen LogP) is 3.68. The van der Waals surface area contributed by atoms with Gasteiger partial charge < -0.3 is 15.6 Å². The zero-order chi connectivity index (χ0) is 13.4. The third kappa shape index (κ3) is 2.46. The molecule has 2 unspecified atom stereocenters. The molecule has 3 nitrogen and oxygen atoms in total. The Morgan fingerprint density at radius 2 is 2.05 bits per heavy atom. The first-order valence-corrected chi connectivity index (χ1v) is 6.93. The second-order valence-electron chi connectivity index (χ2n) is 4.73. The summed E-state index contributed by atoms with van der Waals surface area (Å²) in [4.78, 5) is 0. The van der Waals surface area contributed by atoms with Gasteiger partial charge in [-0.1, -0.05) is 28.1 Å². The monoisotopic (exact) mass is 319 g/mol. The highest BCUT2D eigenvalue weighted by molar-refractivity contribution is 9.10. The Balaban J connectivity index is 1.95. The molecule has 2 aromatic rings. The molecule has 3 N–H and O–H groups in total. The van der Waals surface area contributed by atoms with Gasteiger partial charge in [0, 0.05) is 22.5 Å². The molecule has 2 aromatic carbocycles. The normalized spacial score (nSPS) is 21.6. The summed E-state index contributed by atoms with van der Waals surface area (Å²) < 4.78 is 6.99. The number of hydrogen-bond acceptors (Lipinski definition) is 3. The molecule has 0 amide bonds. The summed E-state index contributed by atoms with van der Waals surface area (Å²) in [5.41, 5.74) is 8.19. The van der Waals surface area contributed by atoms with E-state index in [1.165, 1.54) is 0 Å². The van der Waals surface area contributed by atoms with Gasteiger partial charge in [-0.15, -0.1) is 0 Å². The van der Waals surface area contributed by atoms with E-state index in [1.54, 1.807) is 12.1 Å². The molecule has 19 heavy (non-hydrogen) atoms. The van der Waals surface area contributed by atoms with Crippen molar-refractivity contribution < 1.29 is 9.84 Å². The average molecular weight is 320 g/mol. The van der Waals surface area contributed by atoms with Crippen molar-refractivity contribution in [2.45, 2.75) is 18.6 Å². The predicted molar refractivity (Wildman–Crippen MR) is 77.2 cm³/mol. The molecular weight excluding hydrogens is 306 g/mol. The molecule has 3 rings (SSSR count). The molecule has 1 aliphatic rings. The maximum Gasteiger partial charge on any atom is 0.126 e. The van der Waals surface area contributed by atoms with Crippen LogP contribution >= 0.6 is 15.9 Å². The highest BCUT2D eigenvalue weighted by Gasteiger charge is 2.27. The minimum atomic E-state index is -0.115. The van der Waals surface area contributed by atoms with Crippen molar-refractivity contribution in [2.24, 2.45) is 5.73 Å². The van der Waals surface area contributed by atoms with Crippen molar-refractivity contribution in [3.63, 3.8) is 0 Å². The maximum atomic E-state index is 9.55.